The van der Waals surface area contributed by atoms with Crippen LogP contribution in [0, 0.1) is 11.7 Å². The second-order valence-corrected chi connectivity index (χ2v) is 4.50. The minimum atomic E-state index is -4.88. The lowest BCUT2D eigenvalue weighted by Crippen LogP contribution is -2.31. The Hall–Kier alpha value is -1.92. The minimum Gasteiger partial charge on any atom is -0.345 e. The SMILES string of the molecule is CC(C)C(=O)CNC(=O)c1ccc(F)c(C(F)(F)F)c1. The fraction of sp³-hybridized carbons (Fsp3) is 0.385. The normalized spacial score (nSPS) is 11.6. The van der Waals surface area contributed by atoms with Gasteiger partial charge in [-0.05, 0) is 18.2 Å². The van der Waals surface area contributed by atoms with E-state index in [2.05, 4.69) is 5.32 Å². The molecule has 0 saturated carbocycles. The van der Waals surface area contributed by atoms with Crippen molar-refractivity contribution in [2.24, 2.45) is 5.92 Å². The zero-order chi connectivity index (χ0) is 15.5. The first-order chi connectivity index (χ1) is 9.12. The van der Waals surface area contributed by atoms with Crippen LogP contribution in [0.4, 0.5) is 17.6 Å². The number of ketones is 1. The van der Waals surface area contributed by atoms with Crippen LogP contribution in [0.3, 0.4) is 0 Å². The number of halogens is 4. The van der Waals surface area contributed by atoms with Crippen molar-refractivity contribution < 1.29 is 27.2 Å². The van der Waals surface area contributed by atoms with E-state index in [0.29, 0.717) is 12.1 Å². The Balaban J connectivity index is 2.87. The molecule has 0 bridgehead atoms. The van der Waals surface area contributed by atoms with Gasteiger partial charge in [-0.25, -0.2) is 4.39 Å². The lowest BCUT2D eigenvalue weighted by Gasteiger charge is -2.10. The van der Waals surface area contributed by atoms with Crippen LogP contribution in [0.5, 0.6) is 0 Å². The first-order valence-corrected chi connectivity index (χ1v) is 5.80. The van der Waals surface area contributed by atoms with Crippen LogP contribution in [-0.4, -0.2) is 18.2 Å². The molecule has 110 valence electrons. The Morgan fingerprint density at radius 3 is 2.35 bits per heavy atom. The molecular formula is C13H13F4NO2. The maximum absolute atomic E-state index is 13.0. The van der Waals surface area contributed by atoms with Crippen molar-refractivity contribution in [3.63, 3.8) is 0 Å². The predicted octanol–water partition coefficient (Wildman–Crippen LogP) is 2.80. The first kappa shape index (κ1) is 16.1. The number of nitrogens with one attached hydrogen (secondary N) is 1. The number of carbonyl (C=O) groups is 2. The number of hydrogen-bond donors (Lipinski definition) is 1. The fourth-order valence-corrected chi connectivity index (χ4v) is 1.36. The number of hydrogen-bond acceptors (Lipinski definition) is 2. The number of alkyl halides is 3. The van der Waals surface area contributed by atoms with Gasteiger partial charge < -0.3 is 5.32 Å². The van der Waals surface area contributed by atoms with Gasteiger partial charge in [0.2, 0.25) is 0 Å². The van der Waals surface area contributed by atoms with Crippen molar-refractivity contribution in [2.45, 2.75) is 20.0 Å². The summed E-state index contributed by atoms with van der Waals surface area (Å²) in [5, 5.41) is 2.20. The highest BCUT2D eigenvalue weighted by atomic mass is 19.4. The number of benzene rings is 1. The van der Waals surface area contributed by atoms with E-state index in [0.717, 1.165) is 6.07 Å². The maximum atomic E-state index is 13.0. The predicted molar refractivity (Wildman–Crippen MR) is 63.6 cm³/mol. The summed E-state index contributed by atoms with van der Waals surface area (Å²) in [5.74, 6) is -2.86. The molecule has 3 nitrogen and oxygen atoms in total. The molecular weight excluding hydrogens is 278 g/mol. The molecule has 0 aliphatic rings. The Bertz CT molecular complexity index is 524. The zero-order valence-corrected chi connectivity index (χ0v) is 10.8. The molecule has 0 spiro atoms. The summed E-state index contributed by atoms with van der Waals surface area (Å²) in [6.07, 6.45) is -4.88. The molecule has 1 N–H and O–H groups in total. The maximum Gasteiger partial charge on any atom is 0.419 e. The van der Waals surface area contributed by atoms with E-state index in [9.17, 15) is 27.2 Å². The number of amides is 1. The van der Waals surface area contributed by atoms with E-state index in [1.807, 2.05) is 0 Å². The van der Waals surface area contributed by atoms with Crippen molar-refractivity contribution in [3.05, 3.63) is 35.1 Å². The van der Waals surface area contributed by atoms with Crippen molar-refractivity contribution in [1.82, 2.24) is 5.32 Å². The monoisotopic (exact) mass is 291 g/mol. The average molecular weight is 291 g/mol. The molecule has 1 aromatic carbocycles. The van der Waals surface area contributed by atoms with Gasteiger partial charge in [0.1, 0.15) is 5.82 Å². The first-order valence-electron chi connectivity index (χ1n) is 5.80. The van der Waals surface area contributed by atoms with Gasteiger partial charge in [-0.15, -0.1) is 0 Å². The van der Waals surface area contributed by atoms with Crippen molar-refractivity contribution in [1.29, 1.82) is 0 Å². The molecule has 7 heteroatoms. The van der Waals surface area contributed by atoms with Gasteiger partial charge >= 0.3 is 6.18 Å². The molecule has 0 aromatic heterocycles. The van der Waals surface area contributed by atoms with Crippen LogP contribution in [0.15, 0.2) is 18.2 Å². The van der Waals surface area contributed by atoms with Crippen molar-refractivity contribution in [3.8, 4) is 0 Å². The number of rotatable bonds is 4. The third kappa shape index (κ3) is 4.04. The van der Waals surface area contributed by atoms with Crippen molar-refractivity contribution in [2.75, 3.05) is 6.54 Å². The van der Waals surface area contributed by atoms with Gasteiger partial charge in [0, 0.05) is 11.5 Å². The van der Waals surface area contributed by atoms with E-state index in [4.69, 9.17) is 0 Å². The van der Waals surface area contributed by atoms with Crippen LogP contribution in [-0.2, 0) is 11.0 Å². The quantitative estimate of drug-likeness (QED) is 0.867. The van der Waals surface area contributed by atoms with Crippen LogP contribution in [0.1, 0.15) is 29.8 Å². The highest BCUT2D eigenvalue weighted by Gasteiger charge is 2.34. The van der Waals surface area contributed by atoms with Crippen LogP contribution in [0.25, 0.3) is 0 Å². The van der Waals surface area contributed by atoms with Gasteiger partial charge in [0.15, 0.2) is 5.78 Å². The smallest absolute Gasteiger partial charge is 0.345 e. The molecule has 1 aromatic rings. The summed E-state index contributed by atoms with van der Waals surface area (Å²) in [4.78, 5) is 22.9. The summed E-state index contributed by atoms with van der Waals surface area (Å²) in [7, 11) is 0. The summed E-state index contributed by atoms with van der Waals surface area (Å²) in [5.41, 5.74) is -1.87. The number of carbonyl (C=O) groups excluding carboxylic acids is 2. The Labute approximate surface area is 113 Å². The Morgan fingerprint density at radius 2 is 1.85 bits per heavy atom. The second kappa shape index (κ2) is 6.02. The van der Waals surface area contributed by atoms with E-state index >= 15 is 0 Å². The van der Waals surface area contributed by atoms with E-state index in [1.54, 1.807) is 13.8 Å². The Morgan fingerprint density at radius 1 is 1.25 bits per heavy atom. The largest absolute Gasteiger partial charge is 0.419 e. The van der Waals surface area contributed by atoms with Crippen LogP contribution < -0.4 is 5.32 Å². The third-order valence-electron chi connectivity index (χ3n) is 2.60. The molecule has 0 radical (unpaired) electrons. The molecule has 0 atom stereocenters. The zero-order valence-electron chi connectivity index (χ0n) is 10.8. The molecule has 0 fully saturated rings. The lowest BCUT2D eigenvalue weighted by atomic mass is 10.1. The summed E-state index contributed by atoms with van der Waals surface area (Å²) in [6.45, 7) is 2.98. The van der Waals surface area contributed by atoms with Gasteiger partial charge in [-0.1, -0.05) is 13.8 Å². The van der Waals surface area contributed by atoms with Crippen molar-refractivity contribution >= 4 is 11.7 Å². The molecule has 0 saturated heterocycles. The third-order valence-corrected chi connectivity index (χ3v) is 2.60. The van der Waals surface area contributed by atoms with Gasteiger partial charge in [-0.3, -0.25) is 9.59 Å². The summed E-state index contributed by atoms with van der Waals surface area (Å²) < 4.78 is 50.5. The number of Topliss-reactive ketones (excluding diaryl/α,β-unsaturated/α-hetero) is 1. The van der Waals surface area contributed by atoms with E-state index in [1.165, 1.54) is 0 Å². The van der Waals surface area contributed by atoms with Crippen LogP contribution >= 0.6 is 0 Å². The topological polar surface area (TPSA) is 46.2 Å². The molecule has 1 amide bonds. The van der Waals surface area contributed by atoms with E-state index in [-0.39, 0.29) is 23.8 Å². The highest BCUT2D eigenvalue weighted by Crippen LogP contribution is 2.31. The molecule has 1 rings (SSSR count). The molecule has 0 heterocycles. The molecule has 0 aliphatic carbocycles. The standard InChI is InChI=1S/C13H13F4NO2/c1-7(2)11(19)6-18-12(20)8-3-4-10(14)9(5-8)13(15,16)17/h3-5,7H,6H2,1-2H3,(H,18,20). The fourth-order valence-electron chi connectivity index (χ4n) is 1.36. The minimum absolute atomic E-state index is 0.253. The lowest BCUT2D eigenvalue weighted by molar-refractivity contribution is -0.140. The van der Waals surface area contributed by atoms with Gasteiger partial charge in [0.05, 0.1) is 12.1 Å². The Kier molecular flexibility index (Phi) is 4.86. The highest BCUT2D eigenvalue weighted by molar-refractivity contribution is 5.97. The average Bonchev–Trinajstić information content (AvgIpc) is 2.34. The molecule has 0 unspecified atom stereocenters. The molecule has 20 heavy (non-hydrogen) atoms. The van der Waals surface area contributed by atoms with E-state index < -0.39 is 23.5 Å². The summed E-state index contributed by atoms with van der Waals surface area (Å²) >= 11 is 0. The van der Waals surface area contributed by atoms with Gasteiger partial charge in [-0.2, -0.15) is 13.2 Å². The summed E-state index contributed by atoms with van der Waals surface area (Å²) in [6, 6.07) is 1.92. The molecule has 0 aliphatic heterocycles. The van der Waals surface area contributed by atoms with Gasteiger partial charge in [0.25, 0.3) is 5.91 Å². The second-order valence-electron chi connectivity index (χ2n) is 4.50. The van der Waals surface area contributed by atoms with Crippen LogP contribution in [0.2, 0.25) is 0 Å².